The number of rotatable bonds is 4. The number of hydrogen-bond donors (Lipinski definition) is 3. The lowest BCUT2D eigenvalue weighted by Gasteiger charge is -2.31. The van der Waals surface area contributed by atoms with E-state index < -0.39 is 35.6 Å². The number of nitrogens with one attached hydrogen (secondary N) is 2. The summed E-state index contributed by atoms with van der Waals surface area (Å²) >= 11 is 0. The van der Waals surface area contributed by atoms with Crippen LogP contribution in [0, 0.1) is 0 Å². The molecule has 3 rings (SSSR count). The number of aromatic amines is 1. The maximum atomic E-state index is 13.2. The van der Waals surface area contributed by atoms with Crippen molar-refractivity contribution in [2.75, 3.05) is 5.32 Å². The van der Waals surface area contributed by atoms with Crippen LogP contribution >= 0.6 is 0 Å². The third-order valence-corrected chi connectivity index (χ3v) is 3.33. The molecular weight excluding hydrogens is 378 g/mol. The number of carbonyl (C=O) groups excluding carboxylic acids is 1. The second-order valence-corrected chi connectivity index (χ2v) is 5.23. The Hall–Kier alpha value is -3.57. The van der Waals surface area contributed by atoms with Crippen molar-refractivity contribution in [1.29, 1.82) is 0 Å². The van der Waals surface area contributed by atoms with Crippen LogP contribution in [0.25, 0.3) is 6.08 Å². The molecule has 1 aromatic carbocycles. The summed E-state index contributed by atoms with van der Waals surface area (Å²) in [5, 5.41) is 16.9. The van der Waals surface area contributed by atoms with E-state index in [0.717, 1.165) is 24.4 Å². The standard InChI is InChI=1S/C15H9F4N3O5/c16-14(17)15(18,19)27-10-5-7(1-3-9(10)26-14)2-4-11(23)21-12-8(13(24)25)6-20-22-12/h1-6H,(H,24,25)(H2,20,21,22,23)/b4-2+. The van der Waals surface area contributed by atoms with Crippen molar-refractivity contribution in [1.82, 2.24) is 10.2 Å². The molecule has 1 aliphatic heterocycles. The quantitative estimate of drug-likeness (QED) is 0.549. The number of aromatic carboxylic acids is 1. The summed E-state index contributed by atoms with van der Waals surface area (Å²) in [6, 6.07) is 3.18. The number of carbonyl (C=O) groups is 2. The first-order valence-electron chi connectivity index (χ1n) is 7.12. The van der Waals surface area contributed by atoms with Crippen molar-refractivity contribution >= 4 is 23.8 Å². The zero-order valence-corrected chi connectivity index (χ0v) is 13.0. The highest BCUT2D eigenvalue weighted by Crippen LogP contribution is 2.47. The molecule has 3 N–H and O–H groups in total. The topological polar surface area (TPSA) is 114 Å². The molecule has 8 nitrogen and oxygen atoms in total. The van der Waals surface area contributed by atoms with Gasteiger partial charge in [0.25, 0.3) is 0 Å². The van der Waals surface area contributed by atoms with Crippen LogP contribution in [0.3, 0.4) is 0 Å². The van der Waals surface area contributed by atoms with Gasteiger partial charge in [0, 0.05) is 6.08 Å². The number of halogens is 4. The summed E-state index contributed by atoms with van der Waals surface area (Å²) in [4.78, 5) is 22.7. The van der Waals surface area contributed by atoms with Crippen LogP contribution in [0.4, 0.5) is 23.4 Å². The first kappa shape index (κ1) is 18.2. The van der Waals surface area contributed by atoms with E-state index in [0.29, 0.717) is 0 Å². The molecule has 1 aromatic heterocycles. The molecule has 0 unspecified atom stereocenters. The molecule has 12 heteroatoms. The second kappa shape index (κ2) is 6.30. The van der Waals surface area contributed by atoms with E-state index in [1.165, 1.54) is 12.1 Å². The highest BCUT2D eigenvalue weighted by atomic mass is 19.3. The summed E-state index contributed by atoms with van der Waals surface area (Å²) in [5.41, 5.74) is -0.101. The monoisotopic (exact) mass is 387 g/mol. The summed E-state index contributed by atoms with van der Waals surface area (Å²) in [5.74, 6) is -3.44. The van der Waals surface area contributed by atoms with Crippen molar-refractivity contribution in [2.24, 2.45) is 0 Å². The van der Waals surface area contributed by atoms with Crippen LogP contribution < -0.4 is 14.8 Å². The molecule has 2 heterocycles. The van der Waals surface area contributed by atoms with Gasteiger partial charge in [-0.3, -0.25) is 9.89 Å². The number of alkyl halides is 4. The van der Waals surface area contributed by atoms with Crippen LogP contribution in [0.5, 0.6) is 11.5 Å². The highest BCUT2D eigenvalue weighted by molar-refractivity contribution is 6.05. The van der Waals surface area contributed by atoms with Gasteiger partial charge in [0.05, 0.1) is 6.20 Å². The minimum Gasteiger partial charge on any atom is -0.477 e. The van der Waals surface area contributed by atoms with E-state index in [4.69, 9.17) is 5.11 Å². The zero-order valence-electron chi connectivity index (χ0n) is 13.0. The van der Waals surface area contributed by atoms with Crippen LogP contribution in [-0.2, 0) is 4.79 Å². The number of hydrogen-bond acceptors (Lipinski definition) is 5. The molecule has 0 spiro atoms. The van der Waals surface area contributed by atoms with Crippen LogP contribution in [0.2, 0.25) is 0 Å². The molecule has 0 saturated heterocycles. The molecule has 27 heavy (non-hydrogen) atoms. The number of anilines is 1. The fraction of sp³-hybridized carbons (Fsp3) is 0.133. The molecule has 0 bridgehead atoms. The Morgan fingerprint density at radius 1 is 1.15 bits per heavy atom. The number of aromatic nitrogens is 2. The minimum absolute atomic E-state index is 0.152. The van der Waals surface area contributed by atoms with E-state index in [-0.39, 0.29) is 16.9 Å². The van der Waals surface area contributed by atoms with E-state index in [1.807, 2.05) is 0 Å². The molecule has 0 saturated carbocycles. The number of fused-ring (bicyclic) bond motifs is 1. The summed E-state index contributed by atoms with van der Waals surface area (Å²) in [6.07, 6.45) is -6.54. The van der Waals surface area contributed by atoms with Gasteiger partial charge in [0.2, 0.25) is 5.91 Å². The summed E-state index contributed by atoms with van der Waals surface area (Å²) < 4.78 is 60.4. The highest BCUT2D eigenvalue weighted by Gasteiger charge is 2.65. The second-order valence-electron chi connectivity index (χ2n) is 5.23. The smallest absolute Gasteiger partial charge is 0.477 e. The molecule has 0 aliphatic carbocycles. The van der Waals surface area contributed by atoms with Crippen molar-refractivity contribution < 1.29 is 41.7 Å². The molecule has 0 radical (unpaired) electrons. The molecule has 0 atom stereocenters. The number of carboxylic acid groups (broad SMARTS) is 1. The number of carboxylic acids is 1. The predicted molar refractivity (Wildman–Crippen MR) is 80.8 cm³/mol. The van der Waals surface area contributed by atoms with Crippen molar-refractivity contribution in [3.8, 4) is 11.5 Å². The third kappa shape index (κ3) is 3.54. The van der Waals surface area contributed by atoms with Crippen molar-refractivity contribution in [3.05, 3.63) is 41.6 Å². The first-order valence-corrected chi connectivity index (χ1v) is 7.12. The predicted octanol–water partition coefficient (Wildman–Crippen LogP) is 2.72. The van der Waals surface area contributed by atoms with Crippen molar-refractivity contribution in [2.45, 2.75) is 12.2 Å². The zero-order chi connectivity index (χ0) is 19.8. The van der Waals surface area contributed by atoms with Gasteiger partial charge < -0.3 is 19.9 Å². The number of nitrogens with zero attached hydrogens (tertiary/aromatic N) is 1. The minimum atomic E-state index is -4.85. The SMILES string of the molecule is O=C(/C=C/c1ccc2c(c1)OC(F)(F)C(F)(F)O2)Nc1[nH]ncc1C(=O)O. The lowest BCUT2D eigenvalue weighted by molar-refractivity contribution is -0.391. The lowest BCUT2D eigenvalue weighted by atomic mass is 10.1. The van der Waals surface area contributed by atoms with Crippen LogP contribution in [0.15, 0.2) is 30.5 Å². The van der Waals surface area contributed by atoms with Crippen LogP contribution in [0.1, 0.15) is 15.9 Å². The van der Waals surface area contributed by atoms with Gasteiger partial charge in [0.15, 0.2) is 11.5 Å². The van der Waals surface area contributed by atoms with E-state index in [9.17, 15) is 27.2 Å². The summed E-state index contributed by atoms with van der Waals surface area (Å²) in [7, 11) is 0. The molecule has 0 fully saturated rings. The Labute approximate surface area is 147 Å². The first-order chi connectivity index (χ1) is 12.6. The Balaban J connectivity index is 1.74. The fourth-order valence-corrected chi connectivity index (χ4v) is 2.07. The molecule has 1 amide bonds. The molecule has 1 aliphatic rings. The van der Waals surface area contributed by atoms with Gasteiger partial charge in [-0.15, -0.1) is 0 Å². The maximum Gasteiger partial charge on any atom is 0.507 e. The number of amides is 1. The molecule has 2 aromatic rings. The average molecular weight is 387 g/mol. The number of H-pyrrole nitrogens is 1. The third-order valence-electron chi connectivity index (χ3n) is 3.33. The van der Waals surface area contributed by atoms with Gasteiger partial charge in [-0.05, 0) is 23.8 Å². The maximum absolute atomic E-state index is 13.2. The Kier molecular flexibility index (Phi) is 4.25. The normalized spacial score (nSPS) is 16.9. The van der Waals surface area contributed by atoms with E-state index in [2.05, 4.69) is 25.0 Å². The van der Waals surface area contributed by atoms with Gasteiger partial charge in [0.1, 0.15) is 11.4 Å². The van der Waals surface area contributed by atoms with Crippen LogP contribution in [-0.4, -0.2) is 39.4 Å². The van der Waals surface area contributed by atoms with Gasteiger partial charge >= 0.3 is 18.2 Å². The largest absolute Gasteiger partial charge is 0.507 e. The number of benzene rings is 1. The Morgan fingerprint density at radius 3 is 2.48 bits per heavy atom. The van der Waals surface area contributed by atoms with Crippen molar-refractivity contribution in [3.63, 3.8) is 0 Å². The Morgan fingerprint density at radius 2 is 1.81 bits per heavy atom. The van der Waals surface area contributed by atoms with Gasteiger partial charge in [-0.1, -0.05) is 6.07 Å². The Bertz CT molecular complexity index is 941. The van der Waals surface area contributed by atoms with Gasteiger partial charge in [-0.2, -0.15) is 22.7 Å². The summed E-state index contributed by atoms with van der Waals surface area (Å²) in [6.45, 7) is 0. The number of ether oxygens (including phenoxy) is 2. The lowest BCUT2D eigenvalue weighted by Crippen LogP contribution is -2.52. The fourth-order valence-electron chi connectivity index (χ4n) is 2.07. The molecular formula is C15H9F4N3O5. The average Bonchev–Trinajstić information content (AvgIpc) is 3.02. The van der Waals surface area contributed by atoms with Gasteiger partial charge in [-0.25, -0.2) is 4.79 Å². The van der Waals surface area contributed by atoms with E-state index in [1.54, 1.807) is 0 Å². The van der Waals surface area contributed by atoms with E-state index >= 15 is 0 Å². The molecule has 142 valence electrons.